The fourth-order valence-corrected chi connectivity index (χ4v) is 1.77. The van der Waals surface area contributed by atoms with Crippen molar-refractivity contribution in [1.29, 1.82) is 0 Å². The molecule has 2 rings (SSSR count). The first kappa shape index (κ1) is 11.6. The second-order valence-corrected chi connectivity index (χ2v) is 4.18. The van der Waals surface area contributed by atoms with Gasteiger partial charge in [0.15, 0.2) is 0 Å². The van der Waals surface area contributed by atoms with Gasteiger partial charge in [0, 0.05) is 17.8 Å². The first-order valence-corrected chi connectivity index (χ1v) is 5.33. The number of rotatable bonds is 3. The van der Waals surface area contributed by atoms with E-state index in [9.17, 15) is 14.4 Å². The molecule has 92 valence electrons. The van der Waals surface area contributed by atoms with Crippen molar-refractivity contribution < 1.29 is 9.90 Å². The van der Waals surface area contributed by atoms with Crippen LogP contribution in [-0.2, 0) is 11.2 Å². The van der Waals surface area contributed by atoms with Crippen LogP contribution in [0.4, 0.5) is 0 Å². The van der Waals surface area contributed by atoms with Crippen LogP contribution < -0.4 is 16.6 Å². The Kier molecular flexibility index (Phi) is 3.10. The Hall–Kier alpha value is -1.89. The van der Waals surface area contributed by atoms with Crippen molar-refractivity contribution in [2.45, 2.75) is 31.4 Å². The summed E-state index contributed by atoms with van der Waals surface area (Å²) in [4.78, 5) is 37.8. The molecule has 0 radical (unpaired) electrons. The molecule has 1 aromatic heterocycles. The second-order valence-electron chi connectivity index (χ2n) is 4.18. The molecule has 1 fully saturated rings. The highest BCUT2D eigenvalue weighted by molar-refractivity contribution is 5.78. The molecule has 0 saturated heterocycles. The van der Waals surface area contributed by atoms with Gasteiger partial charge in [0.25, 0.3) is 5.56 Å². The summed E-state index contributed by atoms with van der Waals surface area (Å²) in [6.45, 7) is 0. The van der Waals surface area contributed by atoms with Crippen molar-refractivity contribution in [3.05, 3.63) is 32.6 Å². The molecule has 0 atom stereocenters. The molecule has 1 saturated carbocycles. The quantitative estimate of drug-likeness (QED) is 0.500. The van der Waals surface area contributed by atoms with Crippen LogP contribution in [0.15, 0.2) is 15.7 Å². The Morgan fingerprint density at radius 2 is 2.12 bits per heavy atom. The highest BCUT2D eigenvalue weighted by Gasteiger charge is 2.28. The standard InChI is InChI=1S/C10H13N3O4/c14-7-1-5(2-7)11-8(15)3-6-4-9(16)13-10(17)12-6/h4-5,7,14H,1-3H2,(H,11,15)(H2,12,13,16,17). The molecule has 0 aromatic carbocycles. The summed E-state index contributed by atoms with van der Waals surface area (Å²) in [6.07, 6.45) is 0.723. The average molecular weight is 239 g/mol. The number of H-pyrrole nitrogens is 2. The maximum Gasteiger partial charge on any atom is 0.325 e. The van der Waals surface area contributed by atoms with Crippen LogP contribution in [0, 0.1) is 0 Å². The minimum atomic E-state index is -0.626. The number of amides is 1. The monoisotopic (exact) mass is 239 g/mol. The molecule has 1 aromatic rings. The number of hydrogen-bond donors (Lipinski definition) is 4. The van der Waals surface area contributed by atoms with Crippen LogP contribution in [0.5, 0.6) is 0 Å². The smallest absolute Gasteiger partial charge is 0.325 e. The van der Waals surface area contributed by atoms with Gasteiger partial charge in [0.05, 0.1) is 12.5 Å². The molecule has 0 unspecified atom stereocenters. The van der Waals surface area contributed by atoms with E-state index < -0.39 is 11.2 Å². The van der Waals surface area contributed by atoms with E-state index >= 15 is 0 Å². The Morgan fingerprint density at radius 3 is 2.71 bits per heavy atom. The van der Waals surface area contributed by atoms with Gasteiger partial charge in [-0.15, -0.1) is 0 Å². The van der Waals surface area contributed by atoms with Gasteiger partial charge in [-0.3, -0.25) is 14.6 Å². The molecule has 1 amide bonds. The molecule has 1 heterocycles. The molecule has 7 nitrogen and oxygen atoms in total. The molecule has 1 aliphatic rings. The summed E-state index contributed by atoms with van der Waals surface area (Å²) in [7, 11) is 0. The van der Waals surface area contributed by atoms with Gasteiger partial charge >= 0.3 is 5.69 Å². The number of aliphatic hydroxyl groups is 1. The molecular formula is C10H13N3O4. The number of aromatic amines is 2. The van der Waals surface area contributed by atoms with Gasteiger partial charge in [0.1, 0.15) is 0 Å². The molecule has 17 heavy (non-hydrogen) atoms. The van der Waals surface area contributed by atoms with Gasteiger partial charge in [-0.2, -0.15) is 0 Å². The molecule has 4 N–H and O–H groups in total. The van der Waals surface area contributed by atoms with E-state index in [4.69, 9.17) is 5.11 Å². The van der Waals surface area contributed by atoms with E-state index in [2.05, 4.69) is 10.3 Å². The summed E-state index contributed by atoms with van der Waals surface area (Å²) in [5, 5.41) is 11.8. The molecule has 0 spiro atoms. The van der Waals surface area contributed by atoms with Crippen LogP contribution in [0.25, 0.3) is 0 Å². The highest BCUT2D eigenvalue weighted by atomic mass is 16.3. The zero-order valence-corrected chi connectivity index (χ0v) is 9.03. The van der Waals surface area contributed by atoms with Crippen molar-refractivity contribution in [2.75, 3.05) is 0 Å². The van der Waals surface area contributed by atoms with Crippen molar-refractivity contribution in [2.24, 2.45) is 0 Å². The van der Waals surface area contributed by atoms with Gasteiger partial charge in [-0.1, -0.05) is 0 Å². The number of carbonyl (C=O) groups excluding carboxylic acids is 1. The van der Waals surface area contributed by atoms with E-state index in [1.807, 2.05) is 4.98 Å². The van der Waals surface area contributed by atoms with Gasteiger partial charge in [-0.05, 0) is 12.8 Å². The normalized spacial score (nSPS) is 22.9. The maximum atomic E-state index is 11.5. The highest BCUT2D eigenvalue weighted by Crippen LogP contribution is 2.19. The Morgan fingerprint density at radius 1 is 1.41 bits per heavy atom. The predicted molar refractivity (Wildman–Crippen MR) is 58.6 cm³/mol. The number of aromatic nitrogens is 2. The SMILES string of the molecule is O=C(Cc1cc(=O)[nH]c(=O)[nH]1)NC1CC(O)C1. The predicted octanol–water partition coefficient (Wildman–Crippen LogP) is -1.75. The van der Waals surface area contributed by atoms with Crippen LogP contribution in [-0.4, -0.2) is 33.1 Å². The van der Waals surface area contributed by atoms with Crippen molar-refractivity contribution >= 4 is 5.91 Å². The minimum Gasteiger partial charge on any atom is -0.393 e. The van der Waals surface area contributed by atoms with Gasteiger partial charge in [-0.25, -0.2) is 4.79 Å². The lowest BCUT2D eigenvalue weighted by atomic mass is 9.89. The van der Waals surface area contributed by atoms with E-state index in [1.54, 1.807) is 0 Å². The molecule has 0 bridgehead atoms. The van der Waals surface area contributed by atoms with Gasteiger partial charge in [0.2, 0.25) is 5.91 Å². The molecule has 1 aliphatic carbocycles. The van der Waals surface area contributed by atoms with Crippen LogP contribution >= 0.6 is 0 Å². The van der Waals surface area contributed by atoms with Crippen LogP contribution in [0.3, 0.4) is 0 Å². The second kappa shape index (κ2) is 4.54. The van der Waals surface area contributed by atoms with Crippen molar-refractivity contribution in [1.82, 2.24) is 15.3 Å². The third-order valence-electron chi connectivity index (χ3n) is 2.65. The van der Waals surface area contributed by atoms with Gasteiger partial charge < -0.3 is 15.4 Å². The van der Waals surface area contributed by atoms with E-state index in [0.717, 1.165) is 0 Å². The summed E-state index contributed by atoms with van der Waals surface area (Å²) in [6, 6.07) is 1.17. The molecular weight excluding hydrogens is 226 g/mol. The fraction of sp³-hybridized carbons (Fsp3) is 0.500. The summed E-state index contributed by atoms with van der Waals surface area (Å²) >= 11 is 0. The lowest BCUT2D eigenvalue weighted by Gasteiger charge is -2.31. The fourth-order valence-electron chi connectivity index (χ4n) is 1.77. The summed E-state index contributed by atoms with van der Waals surface area (Å²) in [5.41, 5.74) is -0.883. The third kappa shape index (κ3) is 3.04. The number of nitrogens with one attached hydrogen (secondary N) is 3. The third-order valence-corrected chi connectivity index (χ3v) is 2.65. The van der Waals surface area contributed by atoms with Crippen molar-refractivity contribution in [3.8, 4) is 0 Å². The van der Waals surface area contributed by atoms with E-state index in [-0.39, 0.29) is 30.2 Å². The Balaban J connectivity index is 1.94. The topological polar surface area (TPSA) is 115 Å². The zero-order chi connectivity index (χ0) is 12.4. The Labute approximate surface area is 95.9 Å². The number of aliphatic hydroxyl groups excluding tert-OH is 1. The average Bonchev–Trinajstić information content (AvgIpc) is 2.13. The first-order valence-electron chi connectivity index (χ1n) is 5.33. The largest absolute Gasteiger partial charge is 0.393 e. The minimum absolute atomic E-state index is 0.00813. The maximum absolute atomic E-state index is 11.5. The molecule has 0 aliphatic heterocycles. The first-order chi connectivity index (χ1) is 8.02. The zero-order valence-electron chi connectivity index (χ0n) is 9.03. The lowest BCUT2D eigenvalue weighted by Crippen LogP contribution is -2.47. The lowest BCUT2D eigenvalue weighted by molar-refractivity contribution is -0.122. The van der Waals surface area contributed by atoms with E-state index in [0.29, 0.717) is 12.8 Å². The summed E-state index contributed by atoms with van der Waals surface area (Å²) in [5.74, 6) is -0.275. The Bertz CT molecular complexity index is 499. The number of carbonyl (C=O) groups is 1. The molecule has 7 heteroatoms. The van der Waals surface area contributed by atoms with Crippen LogP contribution in [0.1, 0.15) is 18.5 Å². The van der Waals surface area contributed by atoms with Crippen molar-refractivity contribution in [3.63, 3.8) is 0 Å². The van der Waals surface area contributed by atoms with E-state index in [1.165, 1.54) is 6.07 Å². The van der Waals surface area contributed by atoms with Crippen LogP contribution in [0.2, 0.25) is 0 Å². The summed E-state index contributed by atoms with van der Waals surface area (Å²) < 4.78 is 0. The number of hydrogen-bond acceptors (Lipinski definition) is 4.